The Morgan fingerprint density at radius 1 is 0.895 bits per heavy atom. The van der Waals surface area contributed by atoms with E-state index in [0.29, 0.717) is 6.54 Å². The highest BCUT2D eigenvalue weighted by molar-refractivity contribution is 5.77. The van der Waals surface area contributed by atoms with Crippen LogP contribution in [-0.2, 0) is 4.79 Å². The number of likely N-dealkylation sites (N-methyl/N-ethyl adjacent to an activating group) is 2. The molecule has 0 radical (unpaired) electrons. The van der Waals surface area contributed by atoms with Crippen molar-refractivity contribution >= 4 is 5.91 Å². The summed E-state index contributed by atoms with van der Waals surface area (Å²) in [6.45, 7) is 3.82. The fraction of sp³-hybridized carbons (Fsp3) is 0.938. The lowest BCUT2D eigenvalue weighted by Gasteiger charge is -2.15. The van der Waals surface area contributed by atoms with Crippen LogP contribution in [0.4, 0.5) is 0 Å². The Bertz CT molecular complexity index is 207. The minimum Gasteiger partial charge on any atom is -0.358 e. The van der Waals surface area contributed by atoms with Gasteiger partial charge in [-0.3, -0.25) is 9.69 Å². The average molecular weight is 270 g/mol. The van der Waals surface area contributed by atoms with Crippen LogP contribution in [0.25, 0.3) is 0 Å². The van der Waals surface area contributed by atoms with E-state index in [1.54, 1.807) is 7.05 Å². The zero-order valence-electron chi connectivity index (χ0n) is 13.3. The molecule has 0 aromatic rings. The molecule has 0 aliphatic carbocycles. The summed E-state index contributed by atoms with van der Waals surface area (Å²) in [6, 6.07) is 0. The van der Waals surface area contributed by atoms with Crippen LogP contribution >= 0.6 is 0 Å². The maximum atomic E-state index is 11.2. The van der Waals surface area contributed by atoms with Crippen LogP contribution < -0.4 is 5.32 Å². The zero-order valence-corrected chi connectivity index (χ0v) is 13.3. The van der Waals surface area contributed by atoms with Gasteiger partial charge in [0.05, 0.1) is 6.54 Å². The first-order valence-corrected chi connectivity index (χ1v) is 8.09. The molecule has 0 aromatic carbocycles. The van der Waals surface area contributed by atoms with Crippen molar-refractivity contribution in [3.05, 3.63) is 0 Å². The number of nitrogens with one attached hydrogen (secondary N) is 1. The first-order chi connectivity index (χ1) is 9.20. The zero-order chi connectivity index (χ0) is 14.3. The lowest BCUT2D eigenvalue weighted by atomic mass is 10.1. The molecule has 0 saturated carbocycles. The summed E-state index contributed by atoms with van der Waals surface area (Å²) in [4.78, 5) is 13.3. The van der Waals surface area contributed by atoms with Gasteiger partial charge in [0, 0.05) is 7.05 Å². The molecular weight excluding hydrogens is 236 g/mol. The summed E-state index contributed by atoms with van der Waals surface area (Å²) in [7, 11) is 3.71. The third kappa shape index (κ3) is 13.7. The van der Waals surface area contributed by atoms with E-state index in [2.05, 4.69) is 17.1 Å². The molecule has 3 heteroatoms. The van der Waals surface area contributed by atoms with Crippen molar-refractivity contribution in [3.8, 4) is 0 Å². The van der Waals surface area contributed by atoms with Gasteiger partial charge in [-0.05, 0) is 20.0 Å². The van der Waals surface area contributed by atoms with Crippen molar-refractivity contribution in [2.45, 2.75) is 71.1 Å². The van der Waals surface area contributed by atoms with Crippen molar-refractivity contribution < 1.29 is 4.79 Å². The topological polar surface area (TPSA) is 32.3 Å². The van der Waals surface area contributed by atoms with E-state index in [9.17, 15) is 4.79 Å². The predicted molar refractivity (Wildman–Crippen MR) is 83.4 cm³/mol. The van der Waals surface area contributed by atoms with Crippen molar-refractivity contribution in [2.75, 3.05) is 27.2 Å². The van der Waals surface area contributed by atoms with Crippen LogP contribution in [0.2, 0.25) is 0 Å². The molecule has 0 rings (SSSR count). The molecule has 1 amide bonds. The number of hydrogen-bond acceptors (Lipinski definition) is 2. The minimum absolute atomic E-state index is 0.106. The van der Waals surface area contributed by atoms with Crippen LogP contribution in [0.3, 0.4) is 0 Å². The maximum Gasteiger partial charge on any atom is 0.233 e. The number of amides is 1. The van der Waals surface area contributed by atoms with Crippen LogP contribution in [0, 0.1) is 0 Å². The van der Waals surface area contributed by atoms with Crippen LogP contribution in [-0.4, -0.2) is 38.0 Å². The summed E-state index contributed by atoms with van der Waals surface area (Å²) in [5, 5.41) is 2.65. The van der Waals surface area contributed by atoms with Gasteiger partial charge in [-0.2, -0.15) is 0 Å². The predicted octanol–water partition coefficient (Wildman–Crippen LogP) is 3.59. The van der Waals surface area contributed by atoms with Gasteiger partial charge in [0.1, 0.15) is 0 Å². The maximum absolute atomic E-state index is 11.2. The van der Waals surface area contributed by atoms with E-state index < -0.39 is 0 Å². The van der Waals surface area contributed by atoms with E-state index in [-0.39, 0.29) is 5.91 Å². The van der Waals surface area contributed by atoms with Gasteiger partial charge in [-0.1, -0.05) is 64.7 Å². The molecule has 0 atom stereocenters. The van der Waals surface area contributed by atoms with E-state index in [1.165, 1.54) is 64.2 Å². The SMILES string of the molecule is CCCCCCCCCCCCN(C)CC(=O)NC. The molecule has 0 heterocycles. The van der Waals surface area contributed by atoms with Gasteiger partial charge in [0.2, 0.25) is 5.91 Å². The third-order valence-electron chi connectivity index (χ3n) is 3.59. The van der Waals surface area contributed by atoms with E-state index >= 15 is 0 Å². The Morgan fingerprint density at radius 2 is 1.37 bits per heavy atom. The Kier molecular flexibility index (Phi) is 13.4. The number of carbonyl (C=O) groups excluding carboxylic acids is 1. The average Bonchev–Trinajstić information content (AvgIpc) is 2.40. The highest BCUT2D eigenvalue weighted by Crippen LogP contribution is 2.10. The molecule has 0 aliphatic heterocycles. The molecule has 0 unspecified atom stereocenters. The molecule has 0 aromatic heterocycles. The largest absolute Gasteiger partial charge is 0.358 e. The molecule has 3 nitrogen and oxygen atoms in total. The van der Waals surface area contributed by atoms with Crippen molar-refractivity contribution in [3.63, 3.8) is 0 Å². The highest BCUT2D eigenvalue weighted by Gasteiger charge is 2.03. The standard InChI is InChI=1S/C16H34N2O/c1-4-5-6-7-8-9-10-11-12-13-14-18(3)15-16(19)17-2/h4-15H2,1-3H3,(H,17,19). The summed E-state index contributed by atoms with van der Waals surface area (Å²) >= 11 is 0. The van der Waals surface area contributed by atoms with Crippen molar-refractivity contribution in [2.24, 2.45) is 0 Å². The lowest BCUT2D eigenvalue weighted by molar-refractivity contribution is -0.121. The Balaban J connectivity index is 3.16. The van der Waals surface area contributed by atoms with Gasteiger partial charge in [-0.15, -0.1) is 0 Å². The van der Waals surface area contributed by atoms with Crippen LogP contribution in [0.5, 0.6) is 0 Å². The number of unbranched alkanes of at least 4 members (excludes halogenated alkanes) is 9. The monoisotopic (exact) mass is 270 g/mol. The first kappa shape index (κ1) is 18.4. The third-order valence-corrected chi connectivity index (χ3v) is 3.59. The smallest absolute Gasteiger partial charge is 0.233 e. The molecule has 0 bridgehead atoms. The normalized spacial score (nSPS) is 10.9. The number of rotatable bonds is 13. The summed E-state index contributed by atoms with van der Waals surface area (Å²) < 4.78 is 0. The molecule has 0 spiro atoms. The van der Waals surface area contributed by atoms with Gasteiger partial charge in [-0.25, -0.2) is 0 Å². The van der Waals surface area contributed by atoms with E-state index in [1.807, 2.05) is 7.05 Å². The molecular formula is C16H34N2O. The Morgan fingerprint density at radius 3 is 1.84 bits per heavy atom. The van der Waals surface area contributed by atoms with Crippen LogP contribution in [0.15, 0.2) is 0 Å². The van der Waals surface area contributed by atoms with Crippen molar-refractivity contribution in [1.29, 1.82) is 0 Å². The first-order valence-electron chi connectivity index (χ1n) is 8.09. The molecule has 0 aliphatic rings. The fourth-order valence-corrected chi connectivity index (χ4v) is 2.27. The molecule has 1 N–H and O–H groups in total. The van der Waals surface area contributed by atoms with Crippen LogP contribution in [0.1, 0.15) is 71.1 Å². The second-order valence-electron chi connectivity index (χ2n) is 5.59. The number of hydrogen-bond donors (Lipinski definition) is 1. The fourth-order valence-electron chi connectivity index (χ4n) is 2.27. The lowest BCUT2D eigenvalue weighted by Crippen LogP contribution is -2.33. The second-order valence-corrected chi connectivity index (χ2v) is 5.59. The van der Waals surface area contributed by atoms with Gasteiger partial charge in [0.15, 0.2) is 0 Å². The minimum atomic E-state index is 0.106. The van der Waals surface area contributed by atoms with E-state index in [0.717, 1.165) is 6.54 Å². The molecule has 0 saturated heterocycles. The molecule has 0 fully saturated rings. The second kappa shape index (κ2) is 13.9. The number of nitrogens with zero attached hydrogens (tertiary/aromatic N) is 1. The van der Waals surface area contributed by atoms with Gasteiger partial charge in [0.25, 0.3) is 0 Å². The summed E-state index contributed by atoms with van der Waals surface area (Å²) in [5.74, 6) is 0.106. The van der Waals surface area contributed by atoms with Gasteiger partial charge < -0.3 is 5.32 Å². The number of carbonyl (C=O) groups is 1. The Labute approximate surface area is 120 Å². The molecule has 114 valence electrons. The summed E-state index contributed by atoms with van der Waals surface area (Å²) in [6.07, 6.45) is 13.6. The summed E-state index contributed by atoms with van der Waals surface area (Å²) in [5.41, 5.74) is 0. The van der Waals surface area contributed by atoms with Crippen molar-refractivity contribution in [1.82, 2.24) is 10.2 Å². The van der Waals surface area contributed by atoms with E-state index in [4.69, 9.17) is 0 Å². The molecule has 19 heavy (non-hydrogen) atoms. The quantitative estimate of drug-likeness (QED) is 0.519. The Hall–Kier alpha value is -0.570. The van der Waals surface area contributed by atoms with Gasteiger partial charge >= 0.3 is 0 Å². The highest BCUT2D eigenvalue weighted by atomic mass is 16.1.